The van der Waals surface area contributed by atoms with Gasteiger partial charge in [0.1, 0.15) is 5.75 Å². The molecule has 2 aromatic carbocycles. The number of nitrogens with zero attached hydrogens (tertiary/aromatic N) is 1. The fourth-order valence-corrected chi connectivity index (χ4v) is 6.89. The van der Waals surface area contributed by atoms with Crippen molar-refractivity contribution in [2.75, 3.05) is 0 Å². The molecule has 3 saturated carbocycles. The Labute approximate surface area is 155 Å². The van der Waals surface area contributed by atoms with E-state index in [2.05, 4.69) is 48.2 Å². The van der Waals surface area contributed by atoms with Crippen molar-refractivity contribution in [3.8, 4) is 5.75 Å². The van der Waals surface area contributed by atoms with Crippen molar-refractivity contribution in [3.05, 3.63) is 65.2 Å². The van der Waals surface area contributed by atoms with Gasteiger partial charge in [0, 0.05) is 17.6 Å². The number of hydrogen-bond donors (Lipinski definition) is 1. The summed E-state index contributed by atoms with van der Waals surface area (Å²) < 4.78 is 0. The average molecular weight is 345 g/mol. The highest BCUT2D eigenvalue weighted by Crippen LogP contribution is 2.66. The zero-order valence-corrected chi connectivity index (χ0v) is 15.4. The van der Waals surface area contributed by atoms with Gasteiger partial charge in [-0.2, -0.15) is 0 Å². The van der Waals surface area contributed by atoms with Crippen LogP contribution in [0.3, 0.4) is 0 Å². The van der Waals surface area contributed by atoms with E-state index in [0.29, 0.717) is 35.2 Å². The van der Waals surface area contributed by atoms with Gasteiger partial charge < -0.3 is 5.11 Å². The Morgan fingerprint density at radius 3 is 2.42 bits per heavy atom. The maximum absolute atomic E-state index is 9.81. The van der Waals surface area contributed by atoms with Crippen LogP contribution in [-0.4, -0.2) is 21.6 Å². The molecule has 26 heavy (non-hydrogen) atoms. The van der Waals surface area contributed by atoms with Crippen molar-refractivity contribution in [2.45, 2.75) is 62.6 Å². The third-order valence-electron chi connectivity index (χ3n) is 7.99. The molecule has 2 bridgehead atoms. The van der Waals surface area contributed by atoms with Gasteiger partial charge in [-0.25, -0.2) is 0 Å². The summed E-state index contributed by atoms with van der Waals surface area (Å²) in [6.45, 7) is 2.46. The van der Waals surface area contributed by atoms with Gasteiger partial charge in [-0.1, -0.05) is 36.4 Å². The van der Waals surface area contributed by atoms with Crippen LogP contribution in [0.2, 0.25) is 0 Å². The third-order valence-corrected chi connectivity index (χ3v) is 7.99. The van der Waals surface area contributed by atoms with Gasteiger partial charge in [0.05, 0.1) is 0 Å². The van der Waals surface area contributed by atoms with E-state index in [1.807, 2.05) is 12.1 Å². The molecule has 1 aliphatic heterocycles. The molecule has 2 unspecified atom stereocenters. The molecular weight excluding hydrogens is 318 g/mol. The van der Waals surface area contributed by atoms with Crippen LogP contribution in [0.15, 0.2) is 48.5 Å². The number of rotatable bonds is 2. The maximum atomic E-state index is 9.81. The number of hydrogen-bond acceptors (Lipinski definition) is 2. The molecule has 5 aliphatic rings. The summed E-state index contributed by atoms with van der Waals surface area (Å²) in [5.41, 5.74) is 5.05. The van der Waals surface area contributed by atoms with E-state index in [1.54, 1.807) is 11.1 Å². The van der Waals surface area contributed by atoms with Gasteiger partial charge in [0.25, 0.3) is 0 Å². The lowest BCUT2D eigenvalue weighted by Gasteiger charge is -2.71. The summed E-state index contributed by atoms with van der Waals surface area (Å²) >= 11 is 0. The molecule has 2 nitrogen and oxygen atoms in total. The molecule has 1 N–H and O–H groups in total. The number of phenolic OH excluding ortho intramolecular Hbond substituents is 1. The van der Waals surface area contributed by atoms with E-state index in [4.69, 9.17) is 0 Å². The minimum atomic E-state index is 0.376. The predicted octanol–water partition coefficient (Wildman–Crippen LogP) is 5.04. The number of phenols is 1. The minimum Gasteiger partial charge on any atom is -0.508 e. The average Bonchev–Trinajstić information content (AvgIpc) is 2.92. The van der Waals surface area contributed by atoms with E-state index < -0.39 is 0 Å². The predicted molar refractivity (Wildman–Crippen MR) is 103 cm³/mol. The zero-order chi connectivity index (χ0) is 17.5. The second kappa shape index (κ2) is 5.13. The lowest BCUT2D eigenvalue weighted by atomic mass is 9.47. The summed E-state index contributed by atoms with van der Waals surface area (Å²) in [6, 6.07) is 18.4. The van der Waals surface area contributed by atoms with E-state index >= 15 is 0 Å². The molecule has 0 spiro atoms. The zero-order valence-electron chi connectivity index (χ0n) is 15.4. The highest BCUT2D eigenvalue weighted by molar-refractivity contribution is 5.41. The van der Waals surface area contributed by atoms with Crippen LogP contribution in [0, 0.1) is 11.8 Å². The Kier molecular flexibility index (Phi) is 3.02. The van der Waals surface area contributed by atoms with E-state index in [-0.39, 0.29) is 0 Å². The SMILES string of the molecule is C[C@@H]1CC2c3ccccc3CC2[C@@H](c2ccc(O)cc2)N1C12CC(C1)C2. The molecule has 2 heteroatoms. The fourth-order valence-electron chi connectivity index (χ4n) is 6.89. The van der Waals surface area contributed by atoms with Crippen molar-refractivity contribution in [3.63, 3.8) is 0 Å². The van der Waals surface area contributed by atoms with Gasteiger partial charge >= 0.3 is 0 Å². The molecule has 4 fully saturated rings. The number of aromatic hydroxyl groups is 1. The topological polar surface area (TPSA) is 23.5 Å². The van der Waals surface area contributed by atoms with E-state index in [1.165, 1.54) is 37.7 Å². The molecule has 134 valence electrons. The van der Waals surface area contributed by atoms with Crippen LogP contribution in [0.4, 0.5) is 0 Å². The number of benzene rings is 2. The Morgan fingerprint density at radius 2 is 1.73 bits per heavy atom. The summed E-state index contributed by atoms with van der Waals surface area (Å²) in [4.78, 5) is 2.92. The van der Waals surface area contributed by atoms with Crippen LogP contribution in [0.1, 0.15) is 61.3 Å². The highest BCUT2D eigenvalue weighted by atomic mass is 16.3. The van der Waals surface area contributed by atoms with Crippen molar-refractivity contribution in [2.24, 2.45) is 11.8 Å². The highest BCUT2D eigenvalue weighted by Gasteiger charge is 2.64. The van der Waals surface area contributed by atoms with Gasteiger partial charge in [0.15, 0.2) is 0 Å². The number of piperidine rings is 1. The second-order valence-corrected chi connectivity index (χ2v) is 9.40. The van der Waals surface area contributed by atoms with Gasteiger partial charge in [-0.3, -0.25) is 4.90 Å². The fraction of sp³-hybridized carbons (Fsp3) is 0.500. The van der Waals surface area contributed by atoms with E-state index in [9.17, 15) is 5.11 Å². The Morgan fingerprint density at radius 1 is 1.00 bits per heavy atom. The quantitative estimate of drug-likeness (QED) is 0.824. The van der Waals surface area contributed by atoms with E-state index in [0.717, 1.165) is 5.92 Å². The lowest BCUT2D eigenvalue weighted by Crippen LogP contribution is -2.72. The molecule has 1 saturated heterocycles. The van der Waals surface area contributed by atoms with Crippen LogP contribution < -0.4 is 0 Å². The monoisotopic (exact) mass is 345 g/mol. The Hall–Kier alpha value is -1.80. The van der Waals surface area contributed by atoms with Crippen LogP contribution in [-0.2, 0) is 6.42 Å². The first-order valence-electron chi connectivity index (χ1n) is 10.3. The Bertz CT molecular complexity index is 840. The van der Waals surface area contributed by atoms with Gasteiger partial charge in [-0.15, -0.1) is 0 Å². The molecule has 2 aromatic rings. The lowest BCUT2D eigenvalue weighted by molar-refractivity contribution is -0.197. The van der Waals surface area contributed by atoms with Crippen LogP contribution in [0.25, 0.3) is 0 Å². The molecule has 1 heterocycles. The molecule has 0 radical (unpaired) electrons. The molecule has 0 amide bonds. The van der Waals surface area contributed by atoms with Crippen LogP contribution >= 0.6 is 0 Å². The minimum absolute atomic E-state index is 0.376. The normalized spacial score (nSPS) is 40.3. The summed E-state index contributed by atoms with van der Waals surface area (Å²) in [5, 5.41) is 9.81. The summed E-state index contributed by atoms with van der Waals surface area (Å²) in [6.07, 6.45) is 6.74. The molecule has 0 aromatic heterocycles. The van der Waals surface area contributed by atoms with Crippen molar-refractivity contribution >= 4 is 0 Å². The molecular formula is C24H27NO. The van der Waals surface area contributed by atoms with Gasteiger partial charge in [0.2, 0.25) is 0 Å². The molecule has 4 atom stereocenters. The van der Waals surface area contributed by atoms with Crippen molar-refractivity contribution in [1.29, 1.82) is 0 Å². The molecule has 7 rings (SSSR count). The van der Waals surface area contributed by atoms with Crippen LogP contribution in [0.5, 0.6) is 5.75 Å². The second-order valence-electron chi connectivity index (χ2n) is 9.40. The summed E-state index contributed by atoms with van der Waals surface area (Å²) in [5.74, 6) is 2.73. The smallest absolute Gasteiger partial charge is 0.115 e. The van der Waals surface area contributed by atoms with Gasteiger partial charge in [-0.05, 0) is 85.6 Å². The van der Waals surface area contributed by atoms with Crippen molar-refractivity contribution in [1.82, 2.24) is 4.90 Å². The standard InChI is InChI=1S/C24H27NO/c1-15-10-21-20-5-3-2-4-18(20)11-22(21)23(17-6-8-19(26)9-7-17)25(15)24-12-16(13-24)14-24/h2-9,15-16,21-23,26H,10-14H2,1H3/t15-,16?,21?,22?,23-,24?/m1/s1. The third kappa shape index (κ3) is 1.91. The summed E-state index contributed by atoms with van der Waals surface area (Å²) in [7, 11) is 0. The maximum Gasteiger partial charge on any atom is 0.115 e. The van der Waals surface area contributed by atoms with Crippen molar-refractivity contribution < 1.29 is 5.11 Å². The largest absolute Gasteiger partial charge is 0.508 e. The first-order chi connectivity index (χ1) is 12.6. The first-order valence-corrected chi connectivity index (χ1v) is 10.3. The first kappa shape index (κ1) is 15.3. The molecule has 4 aliphatic carbocycles. The number of fused-ring (bicyclic) bond motifs is 3. The Balaban J connectivity index is 1.46. The number of likely N-dealkylation sites (tertiary alicyclic amines) is 1.